The molecule has 0 spiro atoms. The monoisotopic (exact) mass is 309 g/mol. The zero-order valence-electron chi connectivity index (χ0n) is 10.4. The molecule has 0 aliphatic carbocycles. The molecule has 0 radical (unpaired) electrons. The van der Waals surface area contributed by atoms with Crippen molar-refractivity contribution >= 4 is 21.9 Å². The molecule has 2 N–H and O–H groups in total. The van der Waals surface area contributed by atoms with Crippen LogP contribution in [0.25, 0.3) is 0 Å². The minimum Gasteiger partial charge on any atom is -0.486 e. The fourth-order valence-corrected chi connectivity index (χ4v) is 2.06. The highest BCUT2D eigenvalue weighted by Crippen LogP contribution is 2.24. The molecule has 1 aromatic heterocycles. The number of hydrogen-bond acceptors (Lipinski definition) is 3. The van der Waals surface area contributed by atoms with Crippen molar-refractivity contribution < 1.29 is 4.74 Å². The first-order chi connectivity index (χ1) is 8.58. The number of halogens is 1. The summed E-state index contributed by atoms with van der Waals surface area (Å²) < 4.78 is 8.55. The summed E-state index contributed by atoms with van der Waals surface area (Å²) in [6, 6.07) is 8.03. The first-order valence-corrected chi connectivity index (χ1v) is 6.57. The number of imidazole rings is 1. The van der Waals surface area contributed by atoms with Gasteiger partial charge < -0.3 is 15.0 Å². The zero-order valence-corrected chi connectivity index (χ0v) is 12.0. The van der Waals surface area contributed by atoms with Gasteiger partial charge >= 0.3 is 0 Å². The number of rotatable bonds is 4. The number of aromatic nitrogens is 2. The van der Waals surface area contributed by atoms with Crippen LogP contribution in [0.4, 0.5) is 5.95 Å². The van der Waals surface area contributed by atoms with Gasteiger partial charge in [0.2, 0.25) is 5.95 Å². The molecule has 2 rings (SSSR count). The highest BCUT2D eigenvalue weighted by Gasteiger charge is 2.08. The lowest BCUT2D eigenvalue weighted by atomic mass is 10.3. The lowest BCUT2D eigenvalue weighted by molar-refractivity contribution is 0.300. The van der Waals surface area contributed by atoms with Crippen LogP contribution in [0.5, 0.6) is 5.75 Å². The van der Waals surface area contributed by atoms with Crippen molar-refractivity contribution in [3.8, 4) is 5.75 Å². The van der Waals surface area contributed by atoms with Crippen molar-refractivity contribution in [1.29, 1.82) is 0 Å². The molecule has 0 aliphatic heterocycles. The normalized spacial score (nSPS) is 10.9. The van der Waals surface area contributed by atoms with Gasteiger partial charge in [-0.3, -0.25) is 0 Å². The third-order valence-corrected chi connectivity index (χ3v) is 3.23. The standard InChI is InChI=1S/C13H16BrN3O/c1-9(2)17-7-10(16-13(17)15)8-18-12-6-4-3-5-11(12)14/h3-7,9H,8H2,1-2H3,(H2,15,16). The van der Waals surface area contributed by atoms with Crippen molar-refractivity contribution in [3.63, 3.8) is 0 Å². The Morgan fingerprint density at radius 3 is 2.72 bits per heavy atom. The largest absolute Gasteiger partial charge is 0.486 e. The maximum absolute atomic E-state index is 5.83. The number of nitrogens with zero attached hydrogens (tertiary/aromatic N) is 2. The fraction of sp³-hybridized carbons (Fsp3) is 0.308. The molecule has 0 bridgehead atoms. The molecule has 96 valence electrons. The van der Waals surface area contributed by atoms with Crippen LogP contribution in [-0.2, 0) is 6.61 Å². The highest BCUT2D eigenvalue weighted by molar-refractivity contribution is 9.10. The summed E-state index contributed by atoms with van der Waals surface area (Å²) in [5.41, 5.74) is 6.66. The second kappa shape index (κ2) is 5.44. The van der Waals surface area contributed by atoms with E-state index in [1.807, 2.05) is 35.0 Å². The Bertz CT molecular complexity index is 537. The molecule has 0 saturated heterocycles. The molecule has 0 fully saturated rings. The van der Waals surface area contributed by atoms with E-state index >= 15 is 0 Å². The average Bonchev–Trinajstić information content (AvgIpc) is 2.70. The number of benzene rings is 1. The molecule has 5 heteroatoms. The van der Waals surface area contributed by atoms with Crippen LogP contribution in [-0.4, -0.2) is 9.55 Å². The average molecular weight is 310 g/mol. The van der Waals surface area contributed by atoms with Crippen LogP contribution in [0.1, 0.15) is 25.6 Å². The molecular formula is C13H16BrN3O. The lowest BCUT2D eigenvalue weighted by Crippen LogP contribution is -2.03. The van der Waals surface area contributed by atoms with E-state index < -0.39 is 0 Å². The second-order valence-corrected chi connectivity index (χ2v) is 5.16. The van der Waals surface area contributed by atoms with Crippen molar-refractivity contribution in [1.82, 2.24) is 9.55 Å². The summed E-state index contributed by atoms with van der Waals surface area (Å²) in [4.78, 5) is 4.28. The molecule has 0 aliphatic rings. The Kier molecular flexibility index (Phi) is 3.91. The Morgan fingerprint density at radius 1 is 1.39 bits per heavy atom. The van der Waals surface area contributed by atoms with Gasteiger partial charge in [-0.2, -0.15) is 0 Å². The van der Waals surface area contributed by atoms with E-state index in [-0.39, 0.29) is 0 Å². The topological polar surface area (TPSA) is 53.1 Å². The molecule has 1 aromatic carbocycles. The van der Waals surface area contributed by atoms with E-state index in [1.54, 1.807) is 0 Å². The Balaban J connectivity index is 2.07. The Hall–Kier alpha value is -1.49. The molecule has 0 amide bonds. The lowest BCUT2D eigenvalue weighted by Gasteiger charge is -2.07. The number of nitrogen functional groups attached to an aromatic ring is 1. The van der Waals surface area contributed by atoms with Gasteiger partial charge in [-0.05, 0) is 41.9 Å². The maximum atomic E-state index is 5.83. The van der Waals surface area contributed by atoms with Crippen LogP contribution < -0.4 is 10.5 Å². The highest BCUT2D eigenvalue weighted by atomic mass is 79.9. The molecule has 0 unspecified atom stereocenters. The van der Waals surface area contributed by atoms with E-state index in [0.717, 1.165) is 15.9 Å². The van der Waals surface area contributed by atoms with Gasteiger partial charge in [-0.1, -0.05) is 12.1 Å². The van der Waals surface area contributed by atoms with E-state index in [9.17, 15) is 0 Å². The quantitative estimate of drug-likeness (QED) is 0.942. The van der Waals surface area contributed by atoms with Crippen molar-refractivity contribution in [2.75, 3.05) is 5.73 Å². The van der Waals surface area contributed by atoms with Crippen molar-refractivity contribution in [3.05, 3.63) is 40.6 Å². The predicted octanol–water partition coefficient (Wildman–Crippen LogP) is 3.39. The van der Waals surface area contributed by atoms with Crippen LogP contribution in [0.3, 0.4) is 0 Å². The number of ether oxygens (including phenoxy) is 1. The van der Waals surface area contributed by atoms with Gasteiger partial charge in [0.05, 0.1) is 10.2 Å². The van der Waals surface area contributed by atoms with E-state index in [0.29, 0.717) is 18.6 Å². The van der Waals surface area contributed by atoms with Crippen molar-refractivity contribution in [2.45, 2.75) is 26.5 Å². The van der Waals surface area contributed by atoms with Crippen LogP contribution in [0.2, 0.25) is 0 Å². The number of anilines is 1. The molecular weight excluding hydrogens is 294 g/mol. The summed E-state index contributed by atoms with van der Waals surface area (Å²) in [5.74, 6) is 1.32. The van der Waals surface area contributed by atoms with E-state index in [1.165, 1.54) is 0 Å². The molecule has 0 saturated carbocycles. The molecule has 1 heterocycles. The maximum Gasteiger partial charge on any atom is 0.200 e. The summed E-state index contributed by atoms with van der Waals surface area (Å²) in [6.07, 6.45) is 1.93. The van der Waals surface area contributed by atoms with Crippen LogP contribution in [0.15, 0.2) is 34.9 Å². The molecule has 2 aromatic rings. The Morgan fingerprint density at radius 2 is 2.11 bits per heavy atom. The minimum atomic E-state index is 0.301. The van der Waals surface area contributed by atoms with E-state index in [2.05, 4.69) is 34.8 Å². The van der Waals surface area contributed by atoms with Gasteiger partial charge in [0.1, 0.15) is 12.4 Å². The zero-order chi connectivity index (χ0) is 13.1. The molecule has 4 nitrogen and oxygen atoms in total. The summed E-state index contributed by atoms with van der Waals surface area (Å²) in [5, 5.41) is 0. The van der Waals surface area contributed by atoms with Crippen molar-refractivity contribution in [2.24, 2.45) is 0 Å². The van der Waals surface area contributed by atoms with E-state index in [4.69, 9.17) is 10.5 Å². The molecule has 18 heavy (non-hydrogen) atoms. The number of para-hydroxylation sites is 1. The van der Waals surface area contributed by atoms with Gasteiger partial charge in [-0.15, -0.1) is 0 Å². The number of hydrogen-bond donors (Lipinski definition) is 1. The second-order valence-electron chi connectivity index (χ2n) is 4.31. The first-order valence-electron chi connectivity index (χ1n) is 5.78. The SMILES string of the molecule is CC(C)n1cc(COc2ccccc2Br)nc1N. The summed E-state index contributed by atoms with van der Waals surface area (Å²) in [6.45, 7) is 4.54. The minimum absolute atomic E-state index is 0.301. The van der Waals surface area contributed by atoms with Gasteiger partial charge in [0, 0.05) is 12.2 Å². The smallest absolute Gasteiger partial charge is 0.200 e. The Labute approximate surface area is 115 Å². The third kappa shape index (κ3) is 2.85. The van der Waals surface area contributed by atoms with Gasteiger partial charge in [0.15, 0.2) is 0 Å². The van der Waals surface area contributed by atoms with Gasteiger partial charge in [0.25, 0.3) is 0 Å². The third-order valence-electron chi connectivity index (χ3n) is 2.58. The van der Waals surface area contributed by atoms with Crippen LogP contribution in [0, 0.1) is 0 Å². The van der Waals surface area contributed by atoms with Gasteiger partial charge in [-0.25, -0.2) is 4.98 Å². The summed E-state index contributed by atoms with van der Waals surface area (Å²) in [7, 11) is 0. The predicted molar refractivity (Wildman–Crippen MR) is 75.5 cm³/mol. The summed E-state index contributed by atoms with van der Waals surface area (Å²) >= 11 is 3.44. The first kappa shape index (κ1) is 13.0. The molecule has 0 atom stereocenters. The van der Waals surface area contributed by atoms with Crippen LogP contribution >= 0.6 is 15.9 Å². The number of nitrogens with two attached hydrogens (primary N) is 1. The fourth-order valence-electron chi connectivity index (χ4n) is 1.66.